The molecule has 0 radical (unpaired) electrons. The largest absolute Gasteiger partial charge is 0.484 e. The molecule has 0 fully saturated rings. The van der Waals surface area contributed by atoms with Crippen molar-refractivity contribution < 1.29 is 13.5 Å². The third-order valence-electron chi connectivity index (χ3n) is 6.07. The van der Waals surface area contributed by atoms with Crippen LogP contribution in [0.1, 0.15) is 29.7 Å². The van der Waals surface area contributed by atoms with Gasteiger partial charge in [-0.05, 0) is 68.8 Å². The number of benzene rings is 2. The van der Waals surface area contributed by atoms with Gasteiger partial charge in [-0.25, -0.2) is 4.39 Å². The van der Waals surface area contributed by atoms with Crippen LogP contribution in [0.5, 0.6) is 5.75 Å². The minimum Gasteiger partial charge on any atom is -0.484 e. The molecule has 0 aliphatic carbocycles. The first-order valence-electron chi connectivity index (χ1n) is 11.5. The number of pyridine rings is 2. The van der Waals surface area contributed by atoms with E-state index in [2.05, 4.69) is 9.97 Å². The van der Waals surface area contributed by atoms with E-state index in [-0.39, 0.29) is 11.0 Å². The molecular formula is C29H23FN2O4. The van der Waals surface area contributed by atoms with Crippen LogP contribution in [0.3, 0.4) is 0 Å². The normalized spacial score (nSPS) is 12.0. The van der Waals surface area contributed by atoms with Crippen LogP contribution >= 0.6 is 0 Å². The van der Waals surface area contributed by atoms with Gasteiger partial charge in [-0.2, -0.15) is 0 Å². The van der Waals surface area contributed by atoms with Crippen molar-refractivity contribution in [3.8, 4) is 28.3 Å². The number of rotatable bonds is 5. The Kier molecular flexibility index (Phi) is 5.98. The highest BCUT2D eigenvalue weighted by atomic mass is 19.1. The summed E-state index contributed by atoms with van der Waals surface area (Å²) in [6.45, 7) is 5.41. The van der Waals surface area contributed by atoms with Gasteiger partial charge in [0.2, 0.25) is 5.56 Å². The molecule has 1 atom stereocenters. The Morgan fingerprint density at radius 3 is 2.61 bits per heavy atom. The zero-order chi connectivity index (χ0) is 25.4. The van der Waals surface area contributed by atoms with Gasteiger partial charge in [0, 0.05) is 40.7 Å². The minimum absolute atomic E-state index is 0.183. The van der Waals surface area contributed by atoms with Crippen LogP contribution in [0, 0.1) is 19.7 Å². The molecule has 0 saturated heterocycles. The molecule has 0 bridgehead atoms. The Morgan fingerprint density at radius 1 is 1.03 bits per heavy atom. The number of H-pyrrole nitrogens is 1. The molecule has 2 aromatic carbocycles. The lowest BCUT2D eigenvalue weighted by Gasteiger charge is -2.19. The van der Waals surface area contributed by atoms with E-state index in [1.54, 1.807) is 55.6 Å². The third-order valence-corrected chi connectivity index (χ3v) is 6.07. The smallest absolute Gasteiger partial charge is 0.248 e. The molecule has 1 N–H and O–H groups in total. The zero-order valence-corrected chi connectivity index (χ0v) is 20.0. The Labute approximate surface area is 206 Å². The summed E-state index contributed by atoms with van der Waals surface area (Å²) in [7, 11) is 0. The fraction of sp³-hybridized carbons (Fsp3) is 0.138. The predicted octanol–water partition coefficient (Wildman–Crippen LogP) is 6.11. The van der Waals surface area contributed by atoms with Gasteiger partial charge in [0.25, 0.3) is 0 Å². The lowest BCUT2D eigenvalue weighted by Crippen LogP contribution is -2.12. The van der Waals surface area contributed by atoms with E-state index in [9.17, 15) is 14.0 Å². The van der Waals surface area contributed by atoms with Gasteiger partial charge in [0.05, 0.1) is 5.39 Å². The number of nitrogens with zero attached hydrogens (tertiary/aromatic N) is 1. The first kappa shape index (κ1) is 23.2. The van der Waals surface area contributed by atoms with Crippen molar-refractivity contribution in [1.29, 1.82) is 0 Å². The number of fused-ring (bicyclic) bond motifs is 1. The maximum Gasteiger partial charge on any atom is 0.248 e. The summed E-state index contributed by atoms with van der Waals surface area (Å²) in [5, 5.41) is 0.423. The van der Waals surface area contributed by atoms with Gasteiger partial charge in [-0.15, -0.1) is 0 Å². The average molecular weight is 483 g/mol. The molecule has 0 aliphatic rings. The summed E-state index contributed by atoms with van der Waals surface area (Å²) in [6.07, 6.45) is 2.52. The van der Waals surface area contributed by atoms with E-state index in [0.717, 1.165) is 5.56 Å². The van der Waals surface area contributed by atoms with Gasteiger partial charge in [-0.3, -0.25) is 14.6 Å². The van der Waals surface area contributed by atoms with Crippen LogP contribution in [0.25, 0.3) is 33.6 Å². The van der Waals surface area contributed by atoms with Crippen LogP contribution in [0.15, 0.2) is 87.1 Å². The van der Waals surface area contributed by atoms with Crippen LogP contribution in [-0.4, -0.2) is 9.97 Å². The number of aryl methyl sites for hydroxylation is 1. The molecule has 7 heteroatoms. The van der Waals surface area contributed by atoms with E-state index in [1.165, 1.54) is 18.3 Å². The summed E-state index contributed by atoms with van der Waals surface area (Å²) in [4.78, 5) is 32.1. The minimum atomic E-state index is -0.569. The first-order valence-corrected chi connectivity index (χ1v) is 11.5. The summed E-state index contributed by atoms with van der Waals surface area (Å²) >= 11 is 0. The van der Waals surface area contributed by atoms with Crippen molar-refractivity contribution in [2.45, 2.75) is 26.9 Å². The fourth-order valence-electron chi connectivity index (χ4n) is 4.33. The molecule has 0 aliphatic heterocycles. The summed E-state index contributed by atoms with van der Waals surface area (Å²) < 4.78 is 27.1. The van der Waals surface area contributed by atoms with Crippen LogP contribution in [0.2, 0.25) is 0 Å². The number of aromatic nitrogens is 2. The van der Waals surface area contributed by atoms with Gasteiger partial charge in [0.1, 0.15) is 34.7 Å². The highest BCUT2D eigenvalue weighted by molar-refractivity contribution is 5.84. The van der Waals surface area contributed by atoms with Crippen LogP contribution < -0.4 is 15.7 Å². The second-order valence-electron chi connectivity index (χ2n) is 8.65. The number of halogens is 1. The Hall–Kier alpha value is -4.52. The van der Waals surface area contributed by atoms with Crippen LogP contribution in [-0.2, 0) is 0 Å². The van der Waals surface area contributed by atoms with E-state index < -0.39 is 11.9 Å². The van der Waals surface area contributed by atoms with Crippen molar-refractivity contribution >= 4 is 11.0 Å². The lowest BCUT2D eigenvalue weighted by molar-refractivity contribution is 0.227. The molecule has 0 amide bonds. The lowest BCUT2D eigenvalue weighted by atomic mass is 10.00. The van der Waals surface area contributed by atoms with Gasteiger partial charge in [-0.1, -0.05) is 12.1 Å². The number of ether oxygens (including phenoxy) is 1. The van der Waals surface area contributed by atoms with Crippen molar-refractivity contribution in [2.75, 3.05) is 0 Å². The van der Waals surface area contributed by atoms with E-state index in [4.69, 9.17) is 9.15 Å². The highest BCUT2D eigenvalue weighted by Crippen LogP contribution is 2.35. The highest BCUT2D eigenvalue weighted by Gasteiger charge is 2.21. The van der Waals surface area contributed by atoms with Crippen molar-refractivity contribution in [2.24, 2.45) is 0 Å². The van der Waals surface area contributed by atoms with Gasteiger partial charge >= 0.3 is 0 Å². The molecule has 0 saturated carbocycles. The summed E-state index contributed by atoms with van der Waals surface area (Å²) in [5.74, 6) is 0.317. The number of nitrogens with one attached hydrogen (secondary N) is 1. The Bertz CT molecular complexity index is 1720. The molecule has 36 heavy (non-hydrogen) atoms. The predicted molar refractivity (Wildman–Crippen MR) is 137 cm³/mol. The van der Waals surface area contributed by atoms with Crippen molar-refractivity contribution in [3.63, 3.8) is 0 Å². The number of hydrogen-bond acceptors (Lipinski definition) is 5. The molecule has 6 nitrogen and oxygen atoms in total. The Balaban J connectivity index is 1.65. The molecule has 0 unspecified atom stereocenters. The summed E-state index contributed by atoms with van der Waals surface area (Å²) in [6, 6.07) is 16.6. The maximum atomic E-state index is 14.5. The molecule has 5 aromatic rings. The molecule has 0 spiro atoms. The molecule has 3 aromatic heterocycles. The van der Waals surface area contributed by atoms with E-state index >= 15 is 0 Å². The second-order valence-corrected chi connectivity index (χ2v) is 8.65. The monoisotopic (exact) mass is 482 g/mol. The second kappa shape index (κ2) is 9.26. The standard InChI is InChI=1S/C29H23FN2O4/c1-16-13-21(18(3)35-24-9-6-11-32-26(24)20-7-4-5-8-23(20)30)29-22(14-16)27(34)17(2)28(36-29)19-10-12-31-25(33)15-19/h4-15,18H,1-3H3,(H,31,33)/t18-/m1/s1. The summed E-state index contributed by atoms with van der Waals surface area (Å²) in [5.41, 5.74) is 3.02. The third kappa shape index (κ3) is 4.20. The Morgan fingerprint density at radius 2 is 1.83 bits per heavy atom. The van der Waals surface area contributed by atoms with Crippen molar-refractivity contribution in [3.05, 3.63) is 116 Å². The number of hydrogen-bond donors (Lipinski definition) is 1. The molecular weight excluding hydrogens is 459 g/mol. The van der Waals surface area contributed by atoms with Gasteiger partial charge < -0.3 is 14.1 Å². The fourth-order valence-corrected chi connectivity index (χ4v) is 4.33. The SMILES string of the molecule is Cc1cc([C@@H](C)Oc2cccnc2-c2ccccc2F)c2oc(-c3cc[nH]c(=O)c3)c(C)c(=O)c2c1. The zero-order valence-electron chi connectivity index (χ0n) is 20.0. The maximum absolute atomic E-state index is 14.5. The average Bonchev–Trinajstić information content (AvgIpc) is 2.87. The quantitative estimate of drug-likeness (QED) is 0.327. The first-order chi connectivity index (χ1) is 17.3. The number of aromatic amines is 1. The van der Waals surface area contributed by atoms with Crippen molar-refractivity contribution in [1.82, 2.24) is 9.97 Å². The topological polar surface area (TPSA) is 85.2 Å². The molecule has 3 heterocycles. The van der Waals surface area contributed by atoms with Gasteiger partial charge in [0.15, 0.2) is 5.43 Å². The van der Waals surface area contributed by atoms with E-state index in [0.29, 0.717) is 50.4 Å². The van der Waals surface area contributed by atoms with Crippen LogP contribution in [0.4, 0.5) is 4.39 Å². The molecule has 180 valence electrons. The molecule has 5 rings (SSSR count). The van der Waals surface area contributed by atoms with E-state index in [1.807, 2.05) is 19.9 Å².